The van der Waals surface area contributed by atoms with E-state index in [1.807, 2.05) is 25.3 Å². The van der Waals surface area contributed by atoms with Crippen LogP contribution in [0.5, 0.6) is 0 Å². The molecule has 2 nitrogen and oxygen atoms in total. The average molecular weight is 205 g/mol. The van der Waals surface area contributed by atoms with Crippen molar-refractivity contribution in [2.45, 2.75) is 6.82 Å². The summed E-state index contributed by atoms with van der Waals surface area (Å²) in [4.78, 5) is 8.88. The summed E-state index contributed by atoms with van der Waals surface area (Å²) < 4.78 is 0. The van der Waals surface area contributed by atoms with E-state index in [0.29, 0.717) is 0 Å². The van der Waals surface area contributed by atoms with Gasteiger partial charge in [-0.25, -0.2) is 0 Å². The van der Waals surface area contributed by atoms with E-state index in [0.717, 1.165) is 27.3 Å². The van der Waals surface area contributed by atoms with E-state index in [4.69, 9.17) is 0 Å². The second kappa shape index (κ2) is 3.60. The second-order valence-corrected chi connectivity index (χ2v) is 3.77. The molecule has 0 unspecified atom stereocenters. The molecule has 75 valence electrons. The van der Waals surface area contributed by atoms with Crippen LogP contribution < -0.4 is 5.46 Å². The van der Waals surface area contributed by atoms with Crippen LogP contribution in [0.25, 0.3) is 21.8 Å². The van der Waals surface area contributed by atoms with Gasteiger partial charge >= 0.3 is 0 Å². The zero-order valence-corrected chi connectivity index (χ0v) is 9.01. The van der Waals surface area contributed by atoms with Gasteiger partial charge in [0.1, 0.15) is 7.28 Å². The maximum Gasteiger partial charge on any atom is 0.150 e. The molecule has 0 spiro atoms. The zero-order valence-electron chi connectivity index (χ0n) is 9.01. The van der Waals surface area contributed by atoms with Crippen LogP contribution in [0.4, 0.5) is 0 Å². The van der Waals surface area contributed by atoms with Crippen molar-refractivity contribution in [2.75, 3.05) is 0 Å². The number of fused-ring (bicyclic) bond motifs is 3. The number of hydrogen-bond acceptors (Lipinski definition) is 2. The molecule has 0 N–H and O–H groups in total. The third kappa shape index (κ3) is 1.36. The molecule has 0 aliphatic carbocycles. The SMILES string of the molecule is C[B]c1cnc2c(ccc3cccnc32)c1. The molecule has 2 aromatic heterocycles. The van der Waals surface area contributed by atoms with Gasteiger partial charge in [0.2, 0.25) is 0 Å². The van der Waals surface area contributed by atoms with E-state index in [9.17, 15) is 0 Å². The summed E-state index contributed by atoms with van der Waals surface area (Å²) >= 11 is 0. The number of aromatic nitrogens is 2. The van der Waals surface area contributed by atoms with Crippen LogP contribution in [-0.4, -0.2) is 17.2 Å². The molecule has 2 heterocycles. The summed E-state index contributed by atoms with van der Waals surface area (Å²) in [6, 6.07) is 10.3. The van der Waals surface area contributed by atoms with Gasteiger partial charge in [0, 0.05) is 23.2 Å². The first kappa shape index (κ1) is 9.34. The first-order chi connectivity index (χ1) is 7.88. The highest BCUT2D eigenvalue weighted by Crippen LogP contribution is 2.20. The minimum absolute atomic E-state index is 0.975. The highest BCUT2D eigenvalue weighted by Gasteiger charge is 2.02. The number of hydrogen-bond donors (Lipinski definition) is 0. The molecule has 0 aliphatic heterocycles. The van der Waals surface area contributed by atoms with E-state index < -0.39 is 0 Å². The van der Waals surface area contributed by atoms with Gasteiger partial charge in [-0.1, -0.05) is 36.6 Å². The van der Waals surface area contributed by atoms with Gasteiger partial charge in [0.15, 0.2) is 0 Å². The van der Waals surface area contributed by atoms with Gasteiger partial charge in [-0.2, -0.15) is 0 Å². The smallest absolute Gasteiger partial charge is 0.150 e. The minimum Gasteiger partial charge on any atom is -0.255 e. The van der Waals surface area contributed by atoms with Crippen LogP contribution in [0.15, 0.2) is 42.7 Å². The van der Waals surface area contributed by atoms with Crippen molar-refractivity contribution in [3.05, 3.63) is 42.7 Å². The van der Waals surface area contributed by atoms with Crippen LogP contribution in [0.2, 0.25) is 6.82 Å². The highest BCUT2D eigenvalue weighted by molar-refractivity contribution is 6.52. The number of pyridine rings is 2. The van der Waals surface area contributed by atoms with Crippen molar-refractivity contribution < 1.29 is 0 Å². The van der Waals surface area contributed by atoms with Gasteiger partial charge in [-0.15, -0.1) is 0 Å². The molecular weight excluding hydrogens is 195 g/mol. The number of benzene rings is 1. The Morgan fingerprint density at radius 2 is 1.81 bits per heavy atom. The monoisotopic (exact) mass is 205 g/mol. The molecule has 1 radical (unpaired) electrons. The molecule has 0 saturated carbocycles. The summed E-state index contributed by atoms with van der Waals surface area (Å²) in [7, 11) is 2.05. The van der Waals surface area contributed by atoms with Crippen molar-refractivity contribution in [1.29, 1.82) is 0 Å². The van der Waals surface area contributed by atoms with Crippen molar-refractivity contribution in [3.8, 4) is 0 Å². The molecular formula is C13H10BN2. The van der Waals surface area contributed by atoms with E-state index in [-0.39, 0.29) is 0 Å². The second-order valence-electron chi connectivity index (χ2n) is 3.77. The lowest BCUT2D eigenvalue weighted by Crippen LogP contribution is -2.10. The van der Waals surface area contributed by atoms with Gasteiger partial charge in [-0.3, -0.25) is 9.97 Å². The Hall–Kier alpha value is -1.90. The Morgan fingerprint density at radius 3 is 2.69 bits per heavy atom. The van der Waals surface area contributed by atoms with Crippen LogP contribution in [0.3, 0.4) is 0 Å². The highest BCUT2D eigenvalue weighted by atomic mass is 14.7. The Labute approximate surface area is 94.6 Å². The molecule has 0 amide bonds. The molecule has 3 rings (SSSR count). The maximum absolute atomic E-state index is 4.49. The largest absolute Gasteiger partial charge is 0.255 e. The van der Waals surface area contributed by atoms with Gasteiger partial charge in [0.05, 0.1) is 11.0 Å². The molecule has 3 heteroatoms. The van der Waals surface area contributed by atoms with Gasteiger partial charge in [0.25, 0.3) is 0 Å². The molecule has 1 aromatic carbocycles. The molecule has 0 bridgehead atoms. The predicted octanol–water partition coefficient (Wildman–Crippen LogP) is 2.16. The lowest BCUT2D eigenvalue weighted by atomic mass is 9.74. The fourth-order valence-electron chi connectivity index (χ4n) is 1.91. The van der Waals surface area contributed by atoms with Crippen molar-refractivity contribution in [1.82, 2.24) is 9.97 Å². The maximum atomic E-state index is 4.49. The number of rotatable bonds is 1. The third-order valence-corrected chi connectivity index (χ3v) is 2.78. The van der Waals surface area contributed by atoms with E-state index >= 15 is 0 Å². The Balaban J connectivity index is 2.43. The summed E-state index contributed by atoms with van der Waals surface area (Å²) in [6.07, 6.45) is 3.69. The fourth-order valence-corrected chi connectivity index (χ4v) is 1.91. The average Bonchev–Trinajstić information content (AvgIpc) is 2.38. The van der Waals surface area contributed by atoms with Crippen LogP contribution in [-0.2, 0) is 0 Å². The quantitative estimate of drug-likeness (QED) is 0.449. The third-order valence-electron chi connectivity index (χ3n) is 2.78. The molecule has 3 aromatic rings. The van der Waals surface area contributed by atoms with E-state index in [1.54, 1.807) is 0 Å². The van der Waals surface area contributed by atoms with Gasteiger partial charge < -0.3 is 0 Å². The molecule has 0 atom stereocenters. The molecule has 16 heavy (non-hydrogen) atoms. The first-order valence-corrected chi connectivity index (χ1v) is 5.31. The lowest BCUT2D eigenvalue weighted by Gasteiger charge is -2.03. The fraction of sp³-hybridized carbons (Fsp3) is 0.0769. The molecule has 0 fully saturated rings. The lowest BCUT2D eigenvalue weighted by molar-refractivity contribution is 1.38. The first-order valence-electron chi connectivity index (χ1n) is 5.31. The number of nitrogens with zero attached hydrogens (tertiary/aromatic N) is 2. The summed E-state index contributed by atoms with van der Waals surface area (Å²) in [6.45, 7) is 2.02. The Bertz CT molecular complexity index is 664. The molecule has 0 aliphatic rings. The Kier molecular flexibility index (Phi) is 2.10. The molecule has 0 saturated heterocycles. The van der Waals surface area contributed by atoms with Crippen LogP contribution in [0, 0.1) is 0 Å². The zero-order chi connectivity index (χ0) is 11.0. The van der Waals surface area contributed by atoms with E-state index in [1.165, 1.54) is 0 Å². The summed E-state index contributed by atoms with van der Waals surface area (Å²) in [5.41, 5.74) is 3.09. The summed E-state index contributed by atoms with van der Waals surface area (Å²) in [5, 5.41) is 2.28. The minimum atomic E-state index is 0.975. The van der Waals surface area contributed by atoms with E-state index in [2.05, 4.69) is 41.5 Å². The topological polar surface area (TPSA) is 25.8 Å². The van der Waals surface area contributed by atoms with Crippen molar-refractivity contribution in [2.24, 2.45) is 0 Å². The Morgan fingerprint density at radius 1 is 1.00 bits per heavy atom. The van der Waals surface area contributed by atoms with Crippen molar-refractivity contribution >= 4 is 34.5 Å². The predicted molar refractivity (Wildman–Crippen MR) is 68.3 cm³/mol. The normalized spacial score (nSPS) is 10.8. The van der Waals surface area contributed by atoms with Crippen molar-refractivity contribution in [3.63, 3.8) is 0 Å². The summed E-state index contributed by atoms with van der Waals surface area (Å²) in [5.74, 6) is 0. The van der Waals surface area contributed by atoms with Crippen LogP contribution >= 0.6 is 0 Å². The standard InChI is InChI=1S/C13H10BN2/c1-14-11-7-10-5-4-9-3-2-6-15-12(9)13(10)16-8-11/h2-8H,1H3. The van der Waals surface area contributed by atoms with Gasteiger partial charge in [-0.05, 0) is 6.07 Å². The van der Waals surface area contributed by atoms with Crippen LogP contribution in [0.1, 0.15) is 0 Å².